The molecule has 36 heavy (non-hydrogen) atoms. The van der Waals surface area contributed by atoms with E-state index in [4.69, 9.17) is 5.11 Å². The number of carboxylic acids is 1. The molecule has 0 unspecified atom stereocenters. The molecule has 0 amide bonds. The van der Waals surface area contributed by atoms with Gasteiger partial charge in [0.1, 0.15) is 12.1 Å². The number of ketones is 1. The third-order valence-corrected chi connectivity index (χ3v) is 9.33. The molecule has 1 aromatic carbocycles. The van der Waals surface area contributed by atoms with Crippen LogP contribution in [0.1, 0.15) is 71.7 Å². The van der Waals surface area contributed by atoms with Gasteiger partial charge in [-0.3, -0.25) is 9.59 Å². The second-order valence-electron chi connectivity index (χ2n) is 11.1. The first-order valence-corrected chi connectivity index (χ1v) is 12.8. The zero-order valence-electron chi connectivity index (χ0n) is 22.9. The number of nitrogens with zero attached hydrogens (tertiary/aromatic N) is 1. The molecule has 0 aromatic heterocycles. The van der Waals surface area contributed by atoms with Crippen LogP contribution >= 0.6 is 0 Å². The topological polar surface area (TPSA) is 77.8 Å². The van der Waals surface area contributed by atoms with Gasteiger partial charge in [-0.05, 0) is 92.2 Å². The molecule has 186 valence electrons. The van der Waals surface area contributed by atoms with Crippen molar-refractivity contribution in [2.75, 3.05) is 18.5 Å². The number of allylic oxidation sites excluding steroid dienone is 4. The normalized spacial score (nSPS) is 32.7. The second kappa shape index (κ2) is 10.1. The van der Waals surface area contributed by atoms with Crippen molar-refractivity contribution in [1.29, 1.82) is 0 Å². The van der Waals surface area contributed by atoms with Crippen LogP contribution in [0.4, 0.5) is 5.69 Å². The van der Waals surface area contributed by atoms with Crippen molar-refractivity contribution >= 4 is 17.4 Å². The molecule has 0 spiro atoms. The molecule has 5 nitrogen and oxygen atoms in total. The number of carbonyl (C=O) groups excluding carboxylic acids is 1. The number of likely N-dealkylation sites (N-methyl/N-ethyl adjacent to an activating group) is 1. The van der Waals surface area contributed by atoms with E-state index in [-0.39, 0.29) is 54.6 Å². The first kappa shape index (κ1) is 27.2. The minimum Gasteiger partial charge on any atom is -1.00 e. The summed E-state index contributed by atoms with van der Waals surface area (Å²) in [6.45, 7) is 4.00. The summed E-state index contributed by atoms with van der Waals surface area (Å²) >= 11 is 0. The van der Waals surface area contributed by atoms with E-state index in [0.29, 0.717) is 24.7 Å². The summed E-state index contributed by atoms with van der Waals surface area (Å²) in [5, 5.41) is 20.9. The van der Waals surface area contributed by atoms with Crippen LogP contribution in [0.25, 0.3) is 0 Å². The third-order valence-electron chi connectivity index (χ3n) is 9.33. The Morgan fingerprint density at radius 3 is 2.58 bits per heavy atom. The van der Waals surface area contributed by atoms with Crippen molar-refractivity contribution in [3.8, 4) is 11.8 Å². The van der Waals surface area contributed by atoms with E-state index < -0.39 is 11.6 Å². The number of hydrogen-bond acceptors (Lipinski definition) is 4. The molecule has 0 aliphatic heterocycles. The molecular formula is C30H36NNaO4. The van der Waals surface area contributed by atoms with Gasteiger partial charge in [-0.25, -0.2) is 0 Å². The number of benzene rings is 1. The maximum atomic E-state index is 12.2. The fourth-order valence-corrected chi connectivity index (χ4v) is 7.63. The quantitative estimate of drug-likeness (QED) is 0.492. The van der Waals surface area contributed by atoms with Gasteiger partial charge in [0, 0.05) is 30.5 Å². The summed E-state index contributed by atoms with van der Waals surface area (Å²) in [6.07, 6.45) is 7.74. The van der Waals surface area contributed by atoms with E-state index in [9.17, 15) is 14.7 Å². The molecule has 6 heteroatoms. The van der Waals surface area contributed by atoms with Crippen molar-refractivity contribution < 1.29 is 50.8 Å². The zero-order valence-corrected chi connectivity index (χ0v) is 23.9. The number of fused-ring (bicyclic) bond motifs is 4. The van der Waals surface area contributed by atoms with Crippen LogP contribution in [0.5, 0.6) is 0 Å². The Hall–Kier alpha value is -1.84. The van der Waals surface area contributed by atoms with Crippen LogP contribution in [-0.4, -0.2) is 41.2 Å². The summed E-state index contributed by atoms with van der Waals surface area (Å²) in [4.78, 5) is 25.1. The predicted octanol–water partition coefficient (Wildman–Crippen LogP) is 1.98. The SMILES string of the molecule is CC#C[C@]1(O)CC[C@H]2[C@@H]3CCC4=CC(=O)CCC4=C3[C@@H](c3ccc(N(C)CC(=O)O)cc3)C[C@@]21C.[H-].[Na+]. The van der Waals surface area contributed by atoms with Crippen molar-refractivity contribution in [2.45, 2.75) is 70.3 Å². The maximum absolute atomic E-state index is 12.2. The number of rotatable bonds is 4. The molecule has 4 aliphatic rings. The Kier molecular flexibility index (Phi) is 7.66. The maximum Gasteiger partial charge on any atom is 1.00 e. The number of anilines is 1. The van der Waals surface area contributed by atoms with Crippen molar-refractivity contribution in [3.05, 3.63) is 52.6 Å². The molecule has 0 radical (unpaired) electrons. The fraction of sp³-hybridized carbons (Fsp3) is 0.533. The van der Waals surface area contributed by atoms with Crippen LogP contribution in [0, 0.1) is 29.1 Å². The Bertz CT molecular complexity index is 1200. The van der Waals surface area contributed by atoms with Gasteiger partial charge in [0.25, 0.3) is 0 Å². The van der Waals surface area contributed by atoms with Gasteiger partial charge in [-0.2, -0.15) is 0 Å². The number of aliphatic hydroxyl groups is 1. The van der Waals surface area contributed by atoms with E-state index in [1.807, 2.05) is 25.1 Å². The van der Waals surface area contributed by atoms with Crippen LogP contribution in [-0.2, 0) is 9.59 Å². The number of aliphatic carboxylic acids is 1. The van der Waals surface area contributed by atoms with E-state index in [1.165, 1.54) is 22.3 Å². The summed E-state index contributed by atoms with van der Waals surface area (Å²) in [5.74, 6) is 6.51. The Morgan fingerprint density at radius 1 is 1.19 bits per heavy atom. The van der Waals surface area contributed by atoms with Gasteiger partial charge >= 0.3 is 35.5 Å². The van der Waals surface area contributed by atoms with Gasteiger partial charge in [0.05, 0.1) is 0 Å². The van der Waals surface area contributed by atoms with E-state index in [1.54, 1.807) is 11.9 Å². The predicted molar refractivity (Wildman–Crippen MR) is 137 cm³/mol. The molecule has 0 bridgehead atoms. The fourth-order valence-electron chi connectivity index (χ4n) is 7.63. The van der Waals surface area contributed by atoms with E-state index in [0.717, 1.165) is 37.8 Å². The molecule has 0 heterocycles. The van der Waals surface area contributed by atoms with Gasteiger partial charge in [-0.15, -0.1) is 5.92 Å². The minimum atomic E-state index is -0.985. The third kappa shape index (κ3) is 4.41. The van der Waals surface area contributed by atoms with Gasteiger partial charge in [-0.1, -0.05) is 30.6 Å². The first-order chi connectivity index (χ1) is 16.7. The Balaban J connectivity index is 0.00000190. The summed E-state index contributed by atoms with van der Waals surface area (Å²) in [5.41, 5.74) is 4.87. The Labute approximate surface area is 237 Å². The first-order valence-electron chi connectivity index (χ1n) is 12.8. The van der Waals surface area contributed by atoms with Crippen molar-refractivity contribution in [1.82, 2.24) is 0 Å². The monoisotopic (exact) mass is 497 g/mol. The molecule has 5 rings (SSSR count). The molecular weight excluding hydrogens is 461 g/mol. The molecule has 0 saturated heterocycles. The van der Waals surface area contributed by atoms with Gasteiger partial charge in [0.15, 0.2) is 5.78 Å². The van der Waals surface area contributed by atoms with Gasteiger partial charge < -0.3 is 16.5 Å². The second-order valence-corrected chi connectivity index (χ2v) is 11.1. The molecule has 4 aliphatic carbocycles. The summed E-state index contributed by atoms with van der Waals surface area (Å²) in [6, 6.07) is 8.25. The molecule has 5 atom stereocenters. The molecule has 2 N–H and O–H groups in total. The average molecular weight is 498 g/mol. The summed E-state index contributed by atoms with van der Waals surface area (Å²) in [7, 11) is 1.79. The molecule has 2 fully saturated rings. The van der Waals surface area contributed by atoms with Crippen molar-refractivity contribution in [3.63, 3.8) is 0 Å². The van der Waals surface area contributed by atoms with Crippen LogP contribution in [0.15, 0.2) is 47.1 Å². The average Bonchev–Trinajstić information content (AvgIpc) is 3.08. The van der Waals surface area contributed by atoms with E-state index >= 15 is 0 Å². The largest absolute Gasteiger partial charge is 1.00 e. The minimum absolute atomic E-state index is 0. The van der Waals surface area contributed by atoms with Crippen LogP contribution in [0.2, 0.25) is 0 Å². The summed E-state index contributed by atoms with van der Waals surface area (Å²) < 4.78 is 0. The number of carbonyl (C=O) groups is 2. The molecule has 2 saturated carbocycles. The van der Waals surface area contributed by atoms with Crippen LogP contribution < -0.4 is 34.5 Å². The number of carboxylic acid groups (broad SMARTS) is 1. The van der Waals surface area contributed by atoms with Gasteiger partial charge in [0.2, 0.25) is 0 Å². The number of hydrogen-bond donors (Lipinski definition) is 2. The molecule has 1 aromatic rings. The Morgan fingerprint density at radius 2 is 1.92 bits per heavy atom. The smallest absolute Gasteiger partial charge is 1.00 e. The van der Waals surface area contributed by atoms with Crippen LogP contribution in [0.3, 0.4) is 0 Å². The van der Waals surface area contributed by atoms with Crippen molar-refractivity contribution in [2.24, 2.45) is 17.3 Å². The zero-order chi connectivity index (χ0) is 25.0. The van der Waals surface area contributed by atoms with E-state index in [2.05, 4.69) is 30.9 Å². The standard InChI is InChI=1S/C30H35NO4.Na.H/c1-4-14-30(35)15-13-26-24-11-7-20-16-22(32)10-12-23(20)28(24)25(17-29(26,30)2)19-5-8-21(9-6-19)31(3)18-27(33)34;;/h5-6,8-9,16,24-26,35H,7,10-13,15,17-18H2,1-3H3,(H,33,34);;/q;+1;-1/t24-,25+,26-,29-,30-;;/m0../s1.